The molecule has 1 heterocycles. The number of alkyl halides is 3. The summed E-state index contributed by atoms with van der Waals surface area (Å²) in [5.74, 6) is 2.27. The second-order valence-corrected chi connectivity index (χ2v) is 7.80. The van der Waals surface area contributed by atoms with Crippen molar-refractivity contribution in [2.75, 3.05) is 13.2 Å². The molecule has 7 N–H and O–H groups in total. The minimum atomic E-state index is -5.08. The lowest BCUT2D eigenvalue weighted by Crippen LogP contribution is -2.37. The van der Waals surface area contributed by atoms with Gasteiger partial charge in [-0.15, -0.1) is 0 Å². The number of amidine groups is 1. The Hall–Kier alpha value is -3.19. The minimum Gasteiger partial charge on any atom is -0.482 e. The van der Waals surface area contributed by atoms with Crippen LogP contribution in [0.15, 0.2) is 42.5 Å². The van der Waals surface area contributed by atoms with Gasteiger partial charge < -0.3 is 25.7 Å². The summed E-state index contributed by atoms with van der Waals surface area (Å²) in [7, 11) is 0. The Kier molecular flexibility index (Phi) is 10.0. The number of hydrogen-bond acceptors (Lipinski definition) is 7. The second-order valence-electron chi connectivity index (χ2n) is 7.36. The lowest BCUT2D eigenvalue weighted by Gasteiger charge is -2.27. The fourth-order valence-corrected chi connectivity index (χ4v) is 3.46. The van der Waals surface area contributed by atoms with Crippen molar-refractivity contribution in [3.8, 4) is 5.75 Å². The van der Waals surface area contributed by atoms with Crippen molar-refractivity contribution in [3.63, 3.8) is 0 Å². The molecule has 0 amide bonds. The molecule has 2 atom stereocenters. The normalized spacial score (nSPS) is 15.7. The highest BCUT2D eigenvalue weighted by Gasteiger charge is 2.38. The standard InChI is InChI=1S/C20H23ClN4O3.C2HF3O2/c21-13-5-6-15(17(11-13)28-16(20(22)23)8-10-27-24)19(26)18-14-4-2-1-3-12(14)7-9-25-18;3-2(4,5)1(6)7/h1-6,11,16,18,25H,7-10,24H2,(H3,22,23);(H,6,7). The van der Waals surface area contributed by atoms with Gasteiger partial charge in [-0.05, 0) is 35.7 Å². The highest BCUT2D eigenvalue weighted by atomic mass is 35.5. The number of carbonyl (C=O) groups is 2. The zero-order chi connectivity index (χ0) is 26.2. The Morgan fingerprint density at radius 1 is 1.26 bits per heavy atom. The van der Waals surface area contributed by atoms with Crippen molar-refractivity contribution in [1.29, 1.82) is 5.41 Å². The zero-order valence-electron chi connectivity index (χ0n) is 18.3. The number of ether oxygens (including phenoxy) is 1. The quantitative estimate of drug-likeness (QED) is 0.155. The van der Waals surface area contributed by atoms with E-state index in [-0.39, 0.29) is 30.4 Å². The van der Waals surface area contributed by atoms with Crippen LogP contribution in [0.25, 0.3) is 0 Å². The molecule has 1 aliphatic rings. The van der Waals surface area contributed by atoms with E-state index >= 15 is 0 Å². The van der Waals surface area contributed by atoms with Gasteiger partial charge in [-0.1, -0.05) is 35.9 Å². The van der Waals surface area contributed by atoms with Gasteiger partial charge in [-0.2, -0.15) is 13.2 Å². The number of hydrogen-bond donors (Lipinski definition) is 5. The Morgan fingerprint density at radius 3 is 2.51 bits per heavy atom. The highest BCUT2D eigenvalue weighted by molar-refractivity contribution is 6.31. The van der Waals surface area contributed by atoms with E-state index in [1.54, 1.807) is 18.2 Å². The van der Waals surface area contributed by atoms with Crippen LogP contribution >= 0.6 is 11.6 Å². The summed E-state index contributed by atoms with van der Waals surface area (Å²) in [6.45, 7) is 0.868. The number of rotatable bonds is 8. The molecule has 0 radical (unpaired) electrons. The van der Waals surface area contributed by atoms with E-state index in [1.165, 1.54) is 0 Å². The molecule has 13 heteroatoms. The Bertz CT molecular complexity index is 1070. The third kappa shape index (κ3) is 7.92. The summed E-state index contributed by atoms with van der Waals surface area (Å²) in [4.78, 5) is 26.8. The molecule has 0 bridgehead atoms. The van der Waals surface area contributed by atoms with Gasteiger partial charge in [0, 0.05) is 18.0 Å². The molecule has 2 aromatic rings. The molecular weight excluding hydrogens is 493 g/mol. The maximum absolute atomic E-state index is 13.3. The molecule has 1 aliphatic heterocycles. The van der Waals surface area contributed by atoms with E-state index in [0.29, 0.717) is 17.1 Å². The van der Waals surface area contributed by atoms with E-state index < -0.39 is 24.3 Å². The molecule has 0 aliphatic carbocycles. The number of carboxylic acids is 1. The summed E-state index contributed by atoms with van der Waals surface area (Å²) in [6.07, 6.45) is -4.72. The predicted molar refractivity (Wildman–Crippen MR) is 121 cm³/mol. The molecule has 0 saturated carbocycles. The summed E-state index contributed by atoms with van der Waals surface area (Å²) in [5, 5.41) is 18.6. The molecule has 35 heavy (non-hydrogen) atoms. The highest BCUT2D eigenvalue weighted by Crippen LogP contribution is 2.32. The molecule has 0 saturated heterocycles. The number of benzene rings is 2. The van der Waals surface area contributed by atoms with Gasteiger partial charge in [0.25, 0.3) is 0 Å². The molecule has 0 aromatic heterocycles. The number of nitrogens with one attached hydrogen (secondary N) is 2. The number of nitrogens with two attached hydrogens (primary N) is 2. The molecule has 9 nitrogen and oxygen atoms in total. The van der Waals surface area contributed by atoms with Crippen LogP contribution in [-0.2, 0) is 16.1 Å². The molecule has 190 valence electrons. The first-order valence-electron chi connectivity index (χ1n) is 10.2. The van der Waals surface area contributed by atoms with Crippen LogP contribution < -0.4 is 21.7 Å². The first-order chi connectivity index (χ1) is 16.5. The van der Waals surface area contributed by atoms with Gasteiger partial charge in [-0.25, -0.2) is 10.7 Å². The summed E-state index contributed by atoms with van der Waals surface area (Å²) >= 11 is 6.12. The topological polar surface area (TPSA) is 161 Å². The van der Waals surface area contributed by atoms with E-state index in [4.69, 9.17) is 43.3 Å². The molecule has 0 fully saturated rings. The summed E-state index contributed by atoms with van der Waals surface area (Å²) in [5.41, 5.74) is 8.11. The van der Waals surface area contributed by atoms with E-state index in [2.05, 4.69) is 10.2 Å². The number of aliphatic carboxylic acids is 1. The lowest BCUT2D eigenvalue weighted by molar-refractivity contribution is -0.192. The monoisotopic (exact) mass is 516 g/mol. The van der Waals surface area contributed by atoms with Crippen LogP contribution in [0, 0.1) is 5.41 Å². The number of halogens is 4. The average molecular weight is 517 g/mol. The first-order valence-corrected chi connectivity index (χ1v) is 10.6. The Morgan fingerprint density at radius 2 is 1.91 bits per heavy atom. The Balaban J connectivity index is 0.000000540. The van der Waals surface area contributed by atoms with Gasteiger partial charge in [0.05, 0.1) is 18.2 Å². The third-order valence-electron chi connectivity index (χ3n) is 4.94. The van der Waals surface area contributed by atoms with E-state index in [1.807, 2.05) is 24.3 Å². The Labute approximate surface area is 203 Å². The lowest BCUT2D eigenvalue weighted by atomic mass is 9.89. The number of Topliss-reactive ketones (excluding diaryl/α,β-unsaturated/α-hetero) is 1. The summed E-state index contributed by atoms with van der Waals surface area (Å²) < 4.78 is 37.6. The van der Waals surface area contributed by atoms with Gasteiger partial charge in [0.15, 0.2) is 11.9 Å². The average Bonchev–Trinajstić information content (AvgIpc) is 2.80. The number of carboxylic acid groups (broad SMARTS) is 1. The predicted octanol–water partition coefficient (Wildman–Crippen LogP) is 3.01. The fourth-order valence-electron chi connectivity index (χ4n) is 3.30. The largest absolute Gasteiger partial charge is 0.490 e. The van der Waals surface area contributed by atoms with Crippen LogP contribution in [0.4, 0.5) is 13.2 Å². The molecular formula is C22H24ClF3N4O5. The van der Waals surface area contributed by atoms with Gasteiger partial charge >= 0.3 is 12.1 Å². The summed E-state index contributed by atoms with van der Waals surface area (Å²) in [6, 6.07) is 12.2. The van der Waals surface area contributed by atoms with Gasteiger partial charge in [-0.3, -0.25) is 10.2 Å². The van der Waals surface area contributed by atoms with Crippen LogP contribution in [0.5, 0.6) is 5.75 Å². The van der Waals surface area contributed by atoms with Crippen LogP contribution in [0.3, 0.4) is 0 Å². The number of fused-ring (bicyclic) bond motifs is 1. The van der Waals surface area contributed by atoms with Crippen LogP contribution in [-0.4, -0.2) is 48.1 Å². The van der Waals surface area contributed by atoms with Crippen molar-refractivity contribution < 1.29 is 37.4 Å². The van der Waals surface area contributed by atoms with Crippen molar-refractivity contribution in [2.24, 2.45) is 11.6 Å². The van der Waals surface area contributed by atoms with Crippen molar-refractivity contribution in [1.82, 2.24) is 5.32 Å². The maximum Gasteiger partial charge on any atom is 0.490 e. The minimum absolute atomic E-state index is 0.129. The maximum atomic E-state index is 13.3. The van der Waals surface area contributed by atoms with Crippen molar-refractivity contribution in [3.05, 3.63) is 64.2 Å². The third-order valence-corrected chi connectivity index (χ3v) is 5.17. The second kappa shape index (κ2) is 12.5. The molecule has 3 rings (SSSR count). The van der Waals surface area contributed by atoms with Crippen molar-refractivity contribution >= 4 is 29.2 Å². The molecule has 2 aromatic carbocycles. The van der Waals surface area contributed by atoms with E-state index in [0.717, 1.165) is 17.5 Å². The smallest absolute Gasteiger partial charge is 0.482 e. The van der Waals surface area contributed by atoms with Crippen LogP contribution in [0.1, 0.15) is 33.9 Å². The van der Waals surface area contributed by atoms with Crippen LogP contribution in [0.2, 0.25) is 5.02 Å². The fraction of sp³-hybridized carbons (Fsp3) is 0.318. The number of ketones is 1. The van der Waals surface area contributed by atoms with Crippen molar-refractivity contribution in [2.45, 2.75) is 31.2 Å². The molecule has 0 spiro atoms. The van der Waals surface area contributed by atoms with Gasteiger partial charge in [0.2, 0.25) is 0 Å². The SMILES string of the molecule is N=C(N)C(CCON)Oc1cc(Cl)ccc1C(=O)C1NCCc2ccccc21.O=C(O)C(F)(F)F. The molecule has 2 unspecified atom stereocenters. The zero-order valence-corrected chi connectivity index (χ0v) is 19.0. The first kappa shape index (κ1) is 28.1. The number of carbonyl (C=O) groups excluding carboxylic acids is 1. The van der Waals surface area contributed by atoms with E-state index in [9.17, 15) is 18.0 Å². The van der Waals surface area contributed by atoms with Gasteiger partial charge in [0.1, 0.15) is 11.6 Å².